The van der Waals surface area contributed by atoms with Crippen LogP contribution < -0.4 is 4.90 Å². The number of nitrogens with zero attached hydrogens (tertiary/aromatic N) is 5. The molecule has 0 N–H and O–H groups in total. The van der Waals surface area contributed by atoms with E-state index < -0.39 is 28.3 Å². The van der Waals surface area contributed by atoms with Crippen LogP contribution in [0.4, 0.5) is 24.5 Å². The Morgan fingerprint density at radius 1 is 1.21 bits per heavy atom. The molecule has 0 fully saturated rings. The summed E-state index contributed by atoms with van der Waals surface area (Å²) in [6.45, 7) is 7.34. The number of hydrogen-bond acceptors (Lipinski definition) is 5. The smallest absolute Gasteiger partial charge is 0.412 e. The van der Waals surface area contributed by atoms with Crippen molar-refractivity contribution in [2.24, 2.45) is 0 Å². The van der Waals surface area contributed by atoms with Gasteiger partial charge in [-0.15, -0.1) is 4.31 Å². The number of rotatable bonds is 4. The summed E-state index contributed by atoms with van der Waals surface area (Å²) in [7, 11) is 1.26. The van der Waals surface area contributed by atoms with Crippen molar-refractivity contribution in [3.63, 3.8) is 0 Å². The van der Waals surface area contributed by atoms with E-state index in [1.165, 1.54) is 13.1 Å². The number of anilines is 2. The van der Waals surface area contributed by atoms with Crippen LogP contribution in [0.2, 0.25) is 5.15 Å². The second kappa shape index (κ2) is 8.89. The third-order valence-corrected chi connectivity index (χ3v) is 7.90. The molecule has 0 amide bonds. The van der Waals surface area contributed by atoms with Crippen molar-refractivity contribution >= 4 is 40.0 Å². The number of aryl methyl sites for hydroxylation is 2. The van der Waals surface area contributed by atoms with Gasteiger partial charge < -0.3 is 9.45 Å². The van der Waals surface area contributed by atoms with Gasteiger partial charge in [-0.05, 0) is 63.8 Å². The maximum Gasteiger partial charge on any atom is 0.412 e. The van der Waals surface area contributed by atoms with Gasteiger partial charge in [0.15, 0.2) is 16.8 Å². The summed E-state index contributed by atoms with van der Waals surface area (Å²) in [4.78, 5) is 6.48. The van der Waals surface area contributed by atoms with Crippen LogP contribution >= 0.6 is 11.6 Å². The Kier molecular flexibility index (Phi) is 6.56. The van der Waals surface area contributed by atoms with Gasteiger partial charge in [0.2, 0.25) is 0 Å². The Hall–Kier alpha value is -2.01. The van der Waals surface area contributed by atoms with Gasteiger partial charge in [0, 0.05) is 36.7 Å². The Balaban J connectivity index is 1.73. The highest BCUT2D eigenvalue weighted by Gasteiger charge is 2.50. The third kappa shape index (κ3) is 4.60. The van der Waals surface area contributed by atoms with Gasteiger partial charge in [0.05, 0.1) is 17.6 Å². The minimum Gasteiger partial charge on any atom is -0.597 e. The van der Waals surface area contributed by atoms with Crippen LogP contribution in [-0.4, -0.2) is 48.0 Å². The molecule has 3 aromatic rings. The Morgan fingerprint density at radius 3 is 2.53 bits per heavy atom. The molecule has 6 nitrogen and oxygen atoms in total. The summed E-state index contributed by atoms with van der Waals surface area (Å²) in [5.41, 5.74) is 3.78. The van der Waals surface area contributed by atoms with Crippen LogP contribution in [0.15, 0.2) is 30.5 Å². The first kappa shape index (κ1) is 25.1. The van der Waals surface area contributed by atoms with Gasteiger partial charge >= 0.3 is 6.18 Å². The van der Waals surface area contributed by atoms with E-state index in [2.05, 4.69) is 10.1 Å². The lowest BCUT2D eigenvalue weighted by atomic mass is 9.99. The van der Waals surface area contributed by atoms with E-state index in [0.717, 1.165) is 34.2 Å². The number of aromatic nitrogens is 3. The van der Waals surface area contributed by atoms with Gasteiger partial charge in [-0.1, -0.05) is 17.7 Å². The highest BCUT2D eigenvalue weighted by atomic mass is 35.5. The minimum atomic E-state index is -4.59. The molecule has 0 saturated heterocycles. The maximum absolute atomic E-state index is 14.2. The van der Waals surface area contributed by atoms with Gasteiger partial charge in [0.1, 0.15) is 4.75 Å². The van der Waals surface area contributed by atoms with E-state index in [1.807, 2.05) is 4.90 Å². The van der Waals surface area contributed by atoms with E-state index in [9.17, 15) is 17.7 Å². The van der Waals surface area contributed by atoms with Gasteiger partial charge in [-0.2, -0.15) is 18.3 Å². The topological polar surface area (TPSA) is 59.7 Å². The molecule has 184 valence electrons. The lowest BCUT2D eigenvalue weighted by molar-refractivity contribution is -0.171. The largest absolute Gasteiger partial charge is 0.597 e. The first-order chi connectivity index (χ1) is 15.8. The number of fused-ring (bicyclic) bond motifs is 3. The first-order valence-electron chi connectivity index (χ1n) is 10.9. The highest BCUT2D eigenvalue weighted by molar-refractivity contribution is 7.90. The van der Waals surface area contributed by atoms with E-state index >= 15 is 0 Å². The van der Waals surface area contributed by atoms with Crippen molar-refractivity contribution in [2.75, 3.05) is 18.5 Å². The van der Waals surface area contributed by atoms with Crippen LogP contribution in [-0.2, 0) is 17.8 Å². The fraction of sp³-hybridized carbons (Fsp3) is 0.478. The molecule has 34 heavy (non-hydrogen) atoms. The molecular weight excluding hydrogens is 487 g/mol. The van der Waals surface area contributed by atoms with Gasteiger partial charge in [0.25, 0.3) is 0 Å². The van der Waals surface area contributed by atoms with Gasteiger partial charge in [-0.25, -0.2) is 9.50 Å². The van der Waals surface area contributed by atoms with E-state index in [4.69, 9.17) is 11.6 Å². The Bertz CT molecular complexity index is 1210. The van der Waals surface area contributed by atoms with Crippen LogP contribution in [0.25, 0.3) is 5.65 Å². The molecule has 1 aliphatic heterocycles. The molecule has 4 rings (SSSR count). The van der Waals surface area contributed by atoms with Crippen molar-refractivity contribution in [2.45, 2.75) is 57.5 Å². The fourth-order valence-electron chi connectivity index (χ4n) is 4.44. The monoisotopic (exact) mass is 513 g/mol. The molecule has 11 heteroatoms. The summed E-state index contributed by atoms with van der Waals surface area (Å²) < 4.78 is 57.1. The molecule has 0 radical (unpaired) electrons. The number of alkyl halides is 3. The zero-order chi connectivity index (χ0) is 25.0. The van der Waals surface area contributed by atoms with Crippen molar-refractivity contribution in [3.05, 3.63) is 52.4 Å². The second-order valence-electron chi connectivity index (χ2n) is 9.48. The van der Waals surface area contributed by atoms with E-state index in [1.54, 1.807) is 56.6 Å². The SMILES string of the molecule is Cc1cc(N2CCCc3c2cnc2cc(Cl)nn32)ccc1[C@H](N(C)[S@+]([O-])C(C)(C)C)C(F)(F)F. The van der Waals surface area contributed by atoms with Crippen LogP contribution in [0.1, 0.15) is 50.1 Å². The molecule has 3 heterocycles. The average molecular weight is 514 g/mol. The highest BCUT2D eigenvalue weighted by Crippen LogP contribution is 2.43. The van der Waals surface area contributed by atoms with Crippen molar-refractivity contribution in [1.82, 2.24) is 18.9 Å². The molecular formula is C23H27ClF3N5OS. The molecule has 0 aliphatic carbocycles. The van der Waals surface area contributed by atoms with Gasteiger partial charge in [-0.3, -0.25) is 0 Å². The number of benzene rings is 1. The normalized spacial score (nSPS) is 16.7. The summed E-state index contributed by atoms with van der Waals surface area (Å²) in [5, 5.41) is 4.68. The molecule has 2 aromatic heterocycles. The molecule has 2 atom stereocenters. The standard InChI is InChI=1S/C23H27ClF3N5OS/c1-14-11-15(8-9-16(14)21(23(25,26)27)30(5)34(33)22(2,3)4)31-10-6-7-17-18(31)13-28-20-12-19(24)29-32(17)20/h8-9,11-13,21H,6-7,10H2,1-5H3/t21-,34+/m0/s1. The molecule has 0 spiro atoms. The molecule has 1 aliphatic rings. The molecule has 0 saturated carbocycles. The number of hydrogen-bond donors (Lipinski definition) is 0. The summed E-state index contributed by atoms with van der Waals surface area (Å²) in [6.07, 6.45) is -1.19. The summed E-state index contributed by atoms with van der Waals surface area (Å²) in [5.74, 6) is 0. The average Bonchev–Trinajstić information content (AvgIpc) is 3.13. The Labute approximate surface area is 205 Å². The zero-order valence-corrected chi connectivity index (χ0v) is 21.2. The predicted molar refractivity (Wildman–Crippen MR) is 129 cm³/mol. The minimum absolute atomic E-state index is 0.0843. The fourth-order valence-corrected chi connectivity index (χ4v) is 5.90. The zero-order valence-electron chi connectivity index (χ0n) is 19.6. The number of halogens is 4. The summed E-state index contributed by atoms with van der Waals surface area (Å²) in [6, 6.07) is 4.63. The lowest BCUT2D eigenvalue weighted by Crippen LogP contribution is -2.47. The molecule has 0 bridgehead atoms. The van der Waals surface area contributed by atoms with Crippen molar-refractivity contribution in [1.29, 1.82) is 0 Å². The first-order valence-corrected chi connectivity index (χ1v) is 12.4. The maximum atomic E-state index is 14.2. The van der Waals surface area contributed by atoms with Crippen LogP contribution in [0, 0.1) is 6.92 Å². The van der Waals surface area contributed by atoms with Crippen LogP contribution in [0.3, 0.4) is 0 Å². The van der Waals surface area contributed by atoms with Crippen molar-refractivity contribution in [3.8, 4) is 0 Å². The third-order valence-electron chi connectivity index (χ3n) is 5.94. The van der Waals surface area contributed by atoms with E-state index in [-0.39, 0.29) is 5.56 Å². The quantitative estimate of drug-likeness (QED) is 0.414. The lowest BCUT2D eigenvalue weighted by Gasteiger charge is -2.37. The Morgan fingerprint density at radius 2 is 1.91 bits per heavy atom. The van der Waals surface area contributed by atoms with E-state index in [0.29, 0.717) is 22.9 Å². The van der Waals surface area contributed by atoms with Crippen molar-refractivity contribution < 1.29 is 17.7 Å². The van der Waals surface area contributed by atoms with Crippen LogP contribution in [0.5, 0.6) is 0 Å². The molecule has 0 unspecified atom stereocenters. The summed E-state index contributed by atoms with van der Waals surface area (Å²) >= 11 is 4.21. The predicted octanol–water partition coefficient (Wildman–Crippen LogP) is 5.77. The second-order valence-corrected chi connectivity index (χ2v) is 12.2. The molecule has 1 aromatic carbocycles.